The normalized spacial score (nSPS) is 8.75. The molecule has 0 bridgehead atoms. The summed E-state index contributed by atoms with van der Waals surface area (Å²) < 4.78 is 0. The maximum Gasteiger partial charge on any atom is 0.254 e. The number of nitrogen functional groups attached to an aromatic ring is 1. The molecule has 0 aliphatic carbocycles. The van der Waals surface area contributed by atoms with E-state index in [0.29, 0.717) is 5.82 Å². The average molecular weight is 189 g/mol. The van der Waals surface area contributed by atoms with Crippen molar-refractivity contribution in [2.45, 2.75) is 6.92 Å². The number of hydrogen-bond donors (Lipinski definition) is 2. The molecule has 0 radical (unpaired) electrons. The van der Waals surface area contributed by atoms with E-state index in [2.05, 4.69) is 9.97 Å². The van der Waals surface area contributed by atoms with Gasteiger partial charge in [0, 0.05) is 6.20 Å². The lowest BCUT2D eigenvalue weighted by Gasteiger charge is -1.98. The van der Waals surface area contributed by atoms with Gasteiger partial charge in [0.25, 0.3) is 5.91 Å². The van der Waals surface area contributed by atoms with Gasteiger partial charge >= 0.3 is 0 Å². The van der Waals surface area contributed by atoms with Gasteiger partial charge in [-0.1, -0.05) is 0 Å². The predicted octanol–water partition coefficient (Wildman–Crippen LogP) is -0.112. The molecule has 1 heterocycles. The molecule has 0 saturated heterocycles. The molecule has 12 heavy (non-hydrogen) atoms. The molecule has 0 aliphatic heterocycles. The first kappa shape index (κ1) is 10.6. The number of primary amides is 1. The van der Waals surface area contributed by atoms with Crippen molar-refractivity contribution in [3.05, 3.63) is 17.6 Å². The Morgan fingerprint density at radius 3 is 2.58 bits per heavy atom. The summed E-state index contributed by atoms with van der Waals surface area (Å²) in [5, 5.41) is 0. The lowest BCUT2D eigenvalue weighted by molar-refractivity contribution is 0.100. The topological polar surface area (TPSA) is 94.9 Å². The Balaban J connectivity index is 0.00000121. The van der Waals surface area contributed by atoms with Crippen LogP contribution in [0, 0.1) is 6.92 Å². The summed E-state index contributed by atoms with van der Waals surface area (Å²) in [5.74, 6) is 0.0417. The zero-order valence-electron chi connectivity index (χ0n) is 6.44. The summed E-state index contributed by atoms with van der Waals surface area (Å²) in [6.45, 7) is 1.68. The summed E-state index contributed by atoms with van der Waals surface area (Å²) in [5.41, 5.74) is 10.5. The van der Waals surface area contributed by atoms with Gasteiger partial charge in [-0.3, -0.25) is 4.79 Å². The van der Waals surface area contributed by atoms with E-state index in [9.17, 15) is 4.79 Å². The molecular formula is C6H9ClN4O. The van der Waals surface area contributed by atoms with Crippen molar-refractivity contribution in [3.63, 3.8) is 0 Å². The highest BCUT2D eigenvalue weighted by atomic mass is 35.5. The summed E-state index contributed by atoms with van der Waals surface area (Å²) in [6, 6.07) is 0. The van der Waals surface area contributed by atoms with Crippen LogP contribution in [0.5, 0.6) is 0 Å². The highest BCUT2D eigenvalue weighted by molar-refractivity contribution is 5.96. The van der Waals surface area contributed by atoms with E-state index in [-0.39, 0.29) is 23.8 Å². The predicted molar refractivity (Wildman–Crippen MR) is 46.9 cm³/mol. The van der Waals surface area contributed by atoms with Crippen molar-refractivity contribution >= 4 is 24.1 Å². The van der Waals surface area contributed by atoms with E-state index in [1.54, 1.807) is 6.92 Å². The van der Waals surface area contributed by atoms with Crippen LogP contribution in [0.2, 0.25) is 0 Å². The van der Waals surface area contributed by atoms with E-state index in [0.717, 1.165) is 0 Å². The summed E-state index contributed by atoms with van der Waals surface area (Å²) in [6.07, 6.45) is 1.32. The van der Waals surface area contributed by atoms with Gasteiger partial charge in [0.05, 0.1) is 5.56 Å². The zero-order chi connectivity index (χ0) is 8.43. The molecule has 1 aromatic heterocycles. The van der Waals surface area contributed by atoms with Crippen molar-refractivity contribution in [1.29, 1.82) is 0 Å². The number of anilines is 1. The molecule has 0 fully saturated rings. The standard InChI is InChI=1S/C6H8N4O.ClH/c1-3-9-2-4(6(8)11)5(7)10-3;/h2H,1H3,(H2,8,11)(H2,7,9,10);1H. The van der Waals surface area contributed by atoms with E-state index in [1.165, 1.54) is 6.20 Å². The van der Waals surface area contributed by atoms with Crippen LogP contribution in [0.3, 0.4) is 0 Å². The van der Waals surface area contributed by atoms with Gasteiger partial charge in [0.1, 0.15) is 11.6 Å². The maximum atomic E-state index is 10.6. The number of nitrogens with two attached hydrogens (primary N) is 2. The van der Waals surface area contributed by atoms with Gasteiger partial charge in [-0.15, -0.1) is 12.4 Å². The molecular weight excluding hydrogens is 180 g/mol. The minimum absolute atomic E-state index is 0. The van der Waals surface area contributed by atoms with E-state index in [4.69, 9.17) is 11.5 Å². The fourth-order valence-corrected chi connectivity index (χ4v) is 0.677. The number of nitrogens with zero attached hydrogens (tertiary/aromatic N) is 2. The van der Waals surface area contributed by atoms with Crippen molar-refractivity contribution in [2.24, 2.45) is 5.73 Å². The van der Waals surface area contributed by atoms with Crippen molar-refractivity contribution < 1.29 is 4.79 Å². The Hall–Kier alpha value is -1.36. The van der Waals surface area contributed by atoms with Crippen molar-refractivity contribution in [1.82, 2.24) is 9.97 Å². The van der Waals surface area contributed by atoms with Gasteiger partial charge < -0.3 is 11.5 Å². The molecule has 6 heteroatoms. The SMILES string of the molecule is Cc1ncc(C(N)=O)c(N)n1.Cl. The number of rotatable bonds is 1. The molecule has 4 N–H and O–H groups in total. The fourth-order valence-electron chi connectivity index (χ4n) is 0.677. The molecule has 0 aromatic carbocycles. The minimum atomic E-state index is -0.609. The van der Waals surface area contributed by atoms with Crippen LogP contribution in [-0.4, -0.2) is 15.9 Å². The Kier molecular flexibility index (Phi) is 3.43. The monoisotopic (exact) mass is 188 g/mol. The van der Waals surface area contributed by atoms with Gasteiger partial charge in [0.15, 0.2) is 0 Å². The molecule has 1 aromatic rings. The largest absolute Gasteiger partial charge is 0.383 e. The Morgan fingerprint density at radius 2 is 2.17 bits per heavy atom. The first-order valence-electron chi connectivity index (χ1n) is 3.00. The Labute approximate surface area is 75.6 Å². The van der Waals surface area contributed by atoms with Crippen LogP contribution in [0.15, 0.2) is 6.20 Å². The summed E-state index contributed by atoms with van der Waals surface area (Å²) in [7, 11) is 0. The lowest BCUT2D eigenvalue weighted by Crippen LogP contribution is -2.15. The first-order valence-corrected chi connectivity index (χ1v) is 3.00. The van der Waals surface area contributed by atoms with Crippen LogP contribution < -0.4 is 11.5 Å². The number of carbonyl (C=O) groups is 1. The van der Waals surface area contributed by atoms with Gasteiger partial charge in [-0.2, -0.15) is 0 Å². The van der Waals surface area contributed by atoms with E-state index < -0.39 is 5.91 Å². The molecule has 0 atom stereocenters. The summed E-state index contributed by atoms with van der Waals surface area (Å²) >= 11 is 0. The number of halogens is 1. The third kappa shape index (κ3) is 2.06. The molecule has 1 rings (SSSR count). The van der Waals surface area contributed by atoms with Crippen LogP contribution in [-0.2, 0) is 0 Å². The third-order valence-corrected chi connectivity index (χ3v) is 1.20. The first-order chi connectivity index (χ1) is 5.11. The number of aromatic nitrogens is 2. The second-order valence-electron chi connectivity index (χ2n) is 2.08. The fraction of sp³-hybridized carbons (Fsp3) is 0.167. The second-order valence-corrected chi connectivity index (χ2v) is 2.08. The lowest BCUT2D eigenvalue weighted by atomic mass is 10.3. The quantitative estimate of drug-likeness (QED) is 0.643. The number of amides is 1. The van der Waals surface area contributed by atoms with Gasteiger partial charge in [-0.25, -0.2) is 9.97 Å². The minimum Gasteiger partial charge on any atom is -0.383 e. The molecule has 0 saturated carbocycles. The zero-order valence-corrected chi connectivity index (χ0v) is 7.26. The third-order valence-electron chi connectivity index (χ3n) is 1.20. The van der Waals surface area contributed by atoms with E-state index >= 15 is 0 Å². The van der Waals surface area contributed by atoms with Gasteiger partial charge in [0.2, 0.25) is 0 Å². The van der Waals surface area contributed by atoms with E-state index in [1.807, 2.05) is 0 Å². The number of aryl methyl sites for hydroxylation is 1. The number of carbonyl (C=O) groups excluding carboxylic acids is 1. The smallest absolute Gasteiger partial charge is 0.254 e. The van der Waals surface area contributed by atoms with Crippen LogP contribution >= 0.6 is 12.4 Å². The average Bonchev–Trinajstić information content (AvgIpc) is 1.85. The molecule has 0 spiro atoms. The highest BCUT2D eigenvalue weighted by Gasteiger charge is 2.06. The van der Waals surface area contributed by atoms with Crippen molar-refractivity contribution in [2.75, 3.05) is 5.73 Å². The molecule has 1 amide bonds. The number of hydrogen-bond acceptors (Lipinski definition) is 4. The molecule has 5 nitrogen and oxygen atoms in total. The molecule has 66 valence electrons. The van der Waals surface area contributed by atoms with Crippen LogP contribution in [0.25, 0.3) is 0 Å². The Bertz CT molecular complexity index is 302. The maximum absolute atomic E-state index is 10.6. The van der Waals surface area contributed by atoms with Crippen LogP contribution in [0.1, 0.15) is 16.2 Å². The van der Waals surface area contributed by atoms with Crippen LogP contribution in [0.4, 0.5) is 5.82 Å². The highest BCUT2D eigenvalue weighted by Crippen LogP contribution is 2.04. The van der Waals surface area contributed by atoms with Crippen molar-refractivity contribution in [3.8, 4) is 0 Å². The van der Waals surface area contributed by atoms with Gasteiger partial charge in [-0.05, 0) is 6.92 Å². The Morgan fingerprint density at radius 1 is 1.58 bits per heavy atom. The molecule has 0 aliphatic rings. The summed E-state index contributed by atoms with van der Waals surface area (Å²) in [4.78, 5) is 18.1. The second kappa shape index (κ2) is 3.87. The molecule has 0 unspecified atom stereocenters.